The maximum atomic E-state index is 12.9. The van der Waals surface area contributed by atoms with E-state index in [1.165, 1.54) is 11.3 Å². The van der Waals surface area contributed by atoms with Crippen molar-refractivity contribution < 1.29 is 14.3 Å². The number of anilines is 2. The highest BCUT2D eigenvalue weighted by molar-refractivity contribution is 7.17. The number of hydrogen-bond acceptors (Lipinski definition) is 4. The Balaban J connectivity index is 1.87. The van der Waals surface area contributed by atoms with Crippen molar-refractivity contribution in [2.75, 3.05) is 17.7 Å². The van der Waals surface area contributed by atoms with E-state index in [0.29, 0.717) is 22.0 Å². The molecular weight excluding hydrogens is 419 g/mol. The monoisotopic (exact) mass is 432 g/mol. The molecule has 2 N–H and O–H groups in total. The van der Waals surface area contributed by atoms with Crippen LogP contribution in [-0.4, -0.2) is 22.7 Å². The molecule has 0 fully saturated rings. The van der Waals surface area contributed by atoms with E-state index in [0.717, 1.165) is 29.7 Å². The number of hydrogen-bond donors (Lipinski definition) is 2. The standard InChI is InChI=1S/C17H15Cl3N2O3S/c1-25-10-7-5-9(6-8-10)21-14(23)13-11-3-2-4-12(11)26-15(13)22-16(24)17(18,19)20/h5-8H,2-4H2,1H3,(H,21,23)(H,22,24). The third kappa shape index (κ3) is 4.09. The molecule has 1 aromatic carbocycles. The summed E-state index contributed by atoms with van der Waals surface area (Å²) in [5, 5.41) is 5.81. The molecule has 2 amide bonds. The van der Waals surface area contributed by atoms with Crippen molar-refractivity contribution in [2.24, 2.45) is 0 Å². The molecule has 138 valence electrons. The minimum Gasteiger partial charge on any atom is -0.497 e. The Morgan fingerprint density at radius 3 is 2.42 bits per heavy atom. The molecule has 1 heterocycles. The number of fused-ring (bicyclic) bond motifs is 1. The summed E-state index contributed by atoms with van der Waals surface area (Å²) in [4.78, 5) is 25.9. The summed E-state index contributed by atoms with van der Waals surface area (Å²) in [5.74, 6) is -0.412. The van der Waals surface area contributed by atoms with Crippen molar-refractivity contribution in [1.82, 2.24) is 0 Å². The minimum atomic E-state index is -2.10. The fraction of sp³-hybridized carbons (Fsp3) is 0.294. The molecule has 3 rings (SSSR count). The number of methoxy groups -OCH3 is 1. The molecule has 1 aliphatic rings. The van der Waals surface area contributed by atoms with Gasteiger partial charge in [-0.15, -0.1) is 11.3 Å². The first-order chi connectivity index (χ1) is 12.3. The van der Waals surface area contributed by atoms with Crippen LogP contribution in [-0.2, 0) is 17.6 Å². The zero-order valence-electron chi connectivity index (χ0n) is 13.7. The van der Waals surface area contributed by atoms with Crippen molar-refractivity contribution in [2.45, 2.75) is 23.1 Å². The van der Waals surface area contributed by atoms with Gasteiger partial charge in [-0.05, 0) is 49.1 Å². The molecule has 0 atom stereocenters. The normalized spacial score (nSPS) is 13.2. The summed E-state index contributed by atoms with van der Waals surface area (Å²) in [7, 11) is 1.57. The quantitative estimate of drug-likeness (QED) is 0.680. The van der Waals surface area contributed by atoms with Gasteiger partial charge in [-0.25, -0.2) is 0 Å². The van der Waals surface area contributed by atoms with Gasteiger partial charge in [0.25, 0.3) is 15.6 Å². The third-order valence-electron chi connectivity index (χ3n) is 3.98. The third-order valence-corrected chi connectivity index (χ3v) is 5.70. The first-order valence-corrected chi connectivity index (χ1v) is 9.72. The molecule has 0 saturated carbocycles. The Kier molecular flexibility index (Phi) is 5.67. The molecule has 0 bridgehead atoms. The Morgan fingerprint density at radius 1 is 1.12 bits per heavy atom. The summed E-state index contributed by atoms with van der Waals surface area (Å²) >= 11 is 18.2. The van der Waals surface area contributed by atoms with Crippen LogP contribution in [0.3, 0.4) is 0 Å². The number of nitrogens with one attached hydrogen (secondary N) is 2. The average Bonchev–Trinajstić information content (AvgIpc) is 3.15. The second-order valence-corrected chi connectivity index (χ2v) is 9.08. The Labute approximate surface area is 169 Å². The maximum absolute atomic E-state index is 12.9. The zero-order valence-corrected chi connectivity index (χ0v) is 16.8. The largest absolute Gasteiger partial charge is 0.497 e. The number of amides is 2. The van der Waals surface area contributed by atoms with Crippen LogP contribution in [0.15, 0.2) is 24.3 Å². The van der Waals surface area contributed by atoms with Crippen molar-refractivity contribution in [3.05, 3.63) is 40.3 Å². The van der Waals surface area contributed by atoms with E-state index in [2.05, 4.69) is 10.6 Å². The van der Waals surface area contributed by atoms with Gasteiger partial charge in [0.05, 0.1) is 12.7 Å². The van der Waals surface area contributed by atoms with Gasteiger partial charge in [-0.2, -0.15) is 0 Å². The maximum Gasteiger partial charge on any atom is 0.277 e. The van der Waals surface area contributed by atoms with Crippen molar-refractivity contribution in [1.29, 1.82) is 0 Å². The van der Waals surface area contributed by atoms with Gasteiger partial charge in [-0.3, -0.25) is 9.59 Å². The van der Waals surface area contributed by atoms with Crippen LogP contribution in [0.1, 0.15) is 27.2 Å². The number of aryl methyl sites for hydroxylation is 1. The van der Waals surface area contributed by atoms with Gasteiger partial charge in [0.2, 0.25) is 0 Å². The van der Waals surface area contributed by atoms with Gasteiger partial charge < -0.3 is 15.4 Å². The Morgan fingerprint density at radius 2 is 1.81 bits per heavy atom. The number of halogens is 3. The number of carbonyl (C=O) groups is 2. The Bertz CT molecular complexity index is 844. The van der Waals surface area contributed by atoms with E-state index in [9.17, 15) is 9.59 Å². The zero-order chi connectivity index (χ0) is 18.9. The van der Waals surface area contributed by atoms with Gasteiger partial charge in [-0.1, -0.05) is 34.8 Å². The highest BCUT2D eigenvalue weighted by atomic mass is 35.6. The number of rotatable bonds is 4. The topological polar surface area (TPSA) is 67.4 Å². The van der Waals surface area contributed by atoms with Gasteiger partial charge in [0.1, 0.15) is 10.8 Å². The molecular formula is C17H15Cl3N2O3S. The van der Waals surface area contributed by atoms with E-state index in [-0.39, 0.29) is 5.91 Å². The van der Waals surface area contributed by atoms with Crippen LogP contribution in [0.5, 0.6) is 5.75 Å². The lowest BCUT2D eigenvalue weighted by Crippen LogP contribution is -2.27. The van der Waals surface area contributed by atoms with Gasteiger partial charge >= 0.3 is 0 Å². The van der Waals surface area contributed by atoms with Crippen LogP contribution in [0.2, 0.25) is 0 Å². The molecule has 26 heavy (non-hydrogen) atoms. The Hall–Kier alpha value is -1.47. The number of thiophene rings is 1. The fourth-order valence-corrected chi connectivity index (χ4v) is 4.20. The lowest BCUT2D eigenvalue weighted by molar-refractivity contribution is -0.115. The second-order valence-electron chi connectivity index (χ2n) is 5.70. The first-order valence-electron chi connectivity index (χ1n) is 7.77. The van der Waals surface area contributed by atoms with E-state index in [4.69, 9.17) is 39.5 Å². The van der Waals surface area contributed by atoms with Crippen LogP contribution < -0.4 is 15.4 Å². The second kappa shape index (κ2) is 7.64. The number of benzene rings is 1. The van der Waals surface area contributed by atoms with Crippen LogP contribution in [0.25, 0.3) is 0 Å². The summed E-state index contributed by atoms with van der Waals surface area (Å²) in [6, 6.07) is 6.98. The average molecular weight is 434 g/mol. The van der Waals surface area contributed by atoms with E-state index in [1.807, 2.05) is 0 Å². The van der Waals surface area contributed by atoms with Crippen molar-refractivity contribution >= 4 is 68.6 Å². The molecule has 1 aromatic heterocycles. The fourth-order valence-electron chi connectivity index (χ4n) is 2.77. The molecule has 0 spiro atoms. The van der Waals surface area contributed by atoms with E-state index in [1.54, 1.807) is 31.4 Å². The van der Waals surface area contributed by atoms with Crippen LogP contribution in [0.4, 0.5) is 10.7 Å². The van der Waals surface area contributed by atoms with Crippen molar-refractivity contribution in [3.63, 3.8) is 0 Å². The lowest BCUT2D eigenvalue weighted by atomic mass is 10.1. The lowest BCUT2D eigenvalue weighted by Gasteiger charge is -2.13. The molecule has 0 radical (unpaired) electrons. The molecule has 9 heteroatoms. The smallest absolute Gasteiger partial charge is 0.277 e. The number of alkyl halides is 3. The first kappa shape index (κ1) is 19.3. The molecule has 2 aromatic rings. The molecule has 0 unspecified atom stereocenters. The molecule has 5 nitrogen and oxygen atoms in total. The SMILES string of the molecule is COc1ccc(NC(=O)c2c(NC(=O)C(Cl)(Cl)Cl)sc3c2CCC3)cc1. The highest BCUT2D eigenvalue weighted by Crippen LogP contribution is 2.40. The van der Waals surface area contributed by atoms with Gasteiger partial charge in [0, 0.05) is 10.6 Å². The molecule has 1 aliphatic carbocycles. The predicted octanol–water partition coefficient (Wildman–Crippen LogP) is 4.81. The predicted molar refractivity (Wildman–Crippen MR) is 106 cm³/mol. The minimum absolute atomic E-state index is 0.311. The summed E-state index contributed by atoms with van der Waals surface area (Å²) < 4.78 is 3.01. The summed E-state index contributed by atoms with van der Waals surface area (Å²) in [6.07, 6.45) is 2.62. The van der Waals surface area contributed by atoms with Crippen LogP contribution in [0, 0.1) is 0 Å². The number of ether oxygens (including phenoxy) is 1. The van der Waals surface area contributed by atoms with E-state index < -0.39 is 9.70 Å². The van der Waals surface area contributed by atoms with Gasteiger partial charge in [0.15, 0.2) is 0 Å². The molecule has 0 saturated heterocycles. The van der Waals surface area contributed by atoms with Crippen LogP contribution >= 0.6 is 46.1 Å². The number of carbonyl (C=O) groups excluding carboxylic acids is 2. The molecule has 0 aliphatic heterocycles. The highest BCUT2D eigenvalue weighted by Gasteiger charge is 2.34. The summed E-state index contributed by atoms with van der Waals surface area (Å²) in [5.41, 5.74) is 1.99. The summed E-state index contributed by atoms with van der Waals surface area (Å²) in [6.45, 7) is 0. The van der Waals surface area contributed by atoms with Crippen molar-refractivity contribution in [3.8, 4) is 5.75 Å². The van der Waals surface area contributed by atoms with E-state index >= 15 is 0 Å².